The number of hydrogen-bond donors (Lipinski definition) is 1. The SMILES string of the molecule is C=C(C)CN1C(=O)C(CC)Oc2c(OC)cc(CO)cc21. The highest BCUT2D eigenvalue weighted by Gasteiger charge is 2.35. The van der Waals surface area contributed by atoms with Crippen molar-refractivity contribution in [2.75, 3.05) is 18.6 Å². The van der Waals surface area contributed by atoms with Crippen molar-refractivity contribution in [1.29, 1.82) is 0 Å². The van der Waals surface area contributed by atoms with Crippen LogP contribution in [0.15, 0.2) is 24.3 Å². The minimum absolute atomic E-state index is 0.0925. The van der Waals surface area contributed by atoms with Crippen LogP contribution in [-0.2, 0) is 11.4 Å². The van der Waals surface area contributed by atoms with Gasteiger partial charge in [-0.2, -0.15) is 0 Å². The Kier molecular flexibility index (Phi) is 4.53. The van der Waals surface area contributed by atoms with Crippen molar-refractivity contribution < 1.29 is 19.4 Å². The molecule has 0 saturated heterocycles. The molecule has 114 valence electrons. The number of hydrogen-bond acceptors (Lipinski definition) is 4. The Morgan fingerprint density at radius 1 is 1.52 bits per heavy atom. The standard InChI is InChI=1S/C16H21NO4/c1-5-13-16(19)17(8-10(2)3)12-6-11(9-18)7-14(20-4)15(12)21-13/h6-7,13,18H,2,5,8-9H2,1,3-4H3. The van der Waals surface area contributed by atoms with Crippen LogP contribution in [0.5, 0.6) is 11.5 Å². The van der Waals surface area contributed by atoms with E-state index in [-0.39, 0.29) is 12.5 Å². The van der Waals surface area contributed by atoms with Crippen molar-refractivity contribution in [3.05, 3.63) is 29.8 Å². The minimum Gasteiger partial charge on any atom is -0.493 e. The first-order valence-electron chi connectivity index (χ1n) is 6.96. The maximum absolute atomic E-state index is 12.5. The van der Waals surface area contributed by atoms with E-state index >= 15 is 0 Å². The van der Waals surface area contributed by atoms with Crippen LogP contribution in [0.25, 0.3) is 0 Å². The lowest BCUT2D eigenvalue weighted by atomic mass is 10.1. The van der Waals surface area contributed by atoms with Crippen LogP contribution in [0, 0.1) is 0 Å². The van der Waals surface area contributed by atoms with E-state index in [0.29, 0.717) is 35.7 Å². The maximum Gasteiger partial charge on any atom is 0.268 e. The number of aliphatic hydroxyl groups excluding tert-OH is 1. The fourth-order valence-electron chi connectivity index (χ4n) is 2.38. The summed E-state index contributed by atoms with van der Waals surface area (Å²) in [5.74, 6) is 0.974. The Balaban J connectivity index is 2.58. The van der Waals surface area contributed by atoms with E-state index in [4.69, 9.17) is 9.47 Å². The molecule has 0 bridgehead atoms. The third kappa shape index (κ3) is 2.88. The van der Waals surface area contributed by atoms with Gasteiger partial charge in [0.25, 0.3) is 5.91 Å². The van der Waals surface area contributed by atoms with Crippen LogP contribution in [-0.4, -0.2) is 30.8 Å². The number of nitrogens with zero attached hydrogens (tertiary/aromatic N) is 1. The van der Waals surface area contributed by atoms with E-state index in [9.17, 15) is 9.90 Å². The monoisotopic (exact) mass is 291 g/mol. The Morgan fingerprint density at radius 3 is 2.76 bits per heavy atom. The van der Waals surface area contributed by atoms with Crippen LogP contribution in [0.1, 0.15) is 25.8 Å². The topological polar surface area (TPSA) is 59.0 Å². The molecular formula is C16H21NO4. The average molecular weight is 291 g/mol. The molecule has 1 aliphatic rings. The molecule has 1 amide bonds. The summed E-state index contributed by atoms with van der Waals surface area (Å²) >= 11 is 0. The summed E-state index contributed by atoms with van der Waals surface area (Å²) in [4.78, 5) is 14.2. The number of anilines is 1. The highest BCUT2D eigenvalue weighted by molar-refractivity contribution is 6.01. The molecule has 5 heteroatoms. The Labute approximate surface area is 124 Å². The zero-order valence-corrected chi connectivity index (χ0v) is 12.7. The zero-order valence-electron chi connectivity index (χ0n) is 12.7. The van der Waals surface area contributed by atoms with Gasteiger partial charge >= 0.3 is 0 Å². The highest BCUT2D eigenvalue weighted by atomic mass is 16.5. The van der Waals surface area contributed by atoms with E-state index in [2.05, 4.69) is 6.58 Å². The summed E-state index contributed by atoms with van der Waals surface area (Å²) in [7, 11) is 1.54. The quantitative estimate of drug-likeness (QED) is 0.845. The van der Waals surface area contributed by atoms with Gasteiger partial charge in [-0.05, 0) is 31.0 Å². The second-order valence-electron chi connectivity index (χ2n) is 5.20. The van der Waals surface area contributed by atoms with E-state index in [0.717, 1.165) is 5.57 Å². The van der Waals surface area contributed by atoms with Crippen molar-refractivity contribution in [2.24, 2.45) is 0 Å². The van der Waals surface area contributed by atoms with E-state index in [1.807, 2.05) is 13.8 Å². The minimum atomic E-state index is -0.522. The first kappa shape index (κ1) is 15.4. The smallest absolute Gasteiger partial charge is 0.268 e. The molecule has 1 N–H and O–H groups in total. The first-order chi connectivity index (χ1) is 10.0. The fourth-order valence-corrected chi connectivity index (χ4v) is 2.38. The fraction of sp³-hybridized carbons (Fsp3) is 0.438. The highest BCUT2D eigenvalue weighted by Crippen LogP contribution is 2.43. The van der Waals surface area contributed by atoms with Crippen molar-refractivity contribution in [3.63, 3.8) is 0 Å². The number of methoxy groups -OCH3 is 1. The molecular weight excluding hydrogens is 270 g/mol. The van der Waals surface area contributed by atoms with E-state index < -0.39 is 6.10 Å². The van der Waals surface area contributed by atoms with Gasteiger partial charge in [0.05, 0.1) is 19.4 Å². The third-order valence-corrected chi connectivity index (χ3v) is 3.39. The van der Waals surface area contributed by atoms with Gasteiger partial charge in [-0.25, -0.2) is 0 Å². The van der Waals surface area contributed by atoms with Gasteiger partial charge in [0.2, 0.25) is 0 Å². The van der Waals surface area contributed by atoms with Gasteiger partial charge in [-0.3, -0.25) is 4.79 Å². The van der Waals surface area contributed by atoms with Gasteiger partial charge < -0.3 is 19.5 Å². The third-order valence-electron chi connectivity index (χ3n) is 3.39. The second kappa shape index (κ2) is 6.18. The summed E-state index contributed by atoms with van der Waals surface area (Å²) in [6, 6.07) is 3.48. The molecule has 0 aliphatic carbocycles. The summed E-state index contributed by atoms with van der Waals surface area (Å²) in [5.41, 5.74) is 2.17. The van der Waals surface area contributed by atoms with Gasteiger partial charge in [0.15, 0.2) is 17.6 Å². The Bertz CT molecular complexity index is 568. The van der Waals surface area contributed by atoms with Crippen LogP contribution < -0.4 is 14.4 Å². The number of carbonyl (C=O) groups excluding carboxylic acids is 1. The number of amides is 1. The van der Waals surface area contributed by atoms with Gasteiger partial charge in [-0.1, -0.05) is 19.1 Å². The van der Waals surface area contributed by atoms with Crippen molar-refractivity contribution in [1.82, 2.24) is 0 Å². The molecule has 1 unspecified atom stereocenters. The van der Waals surface area contributed by atoms with Crippen LogP contribution in [0.2, 0.25) is 0 Å². The average Bonchev–Trinajstić information content (AvgIpc) is 2.48. The molecule has 1 atom stereocenters. The molecule has 1 aromatic rings. The molecule has 0 fully saturated rings. The molecule has 21 heavy (non-hydrogen) atoms. The number of rotatable bonds is 5. The number of benzene rings is 1. The van der Waals surface area contributed by atoms with Crippen molar-refractivity contribution in [3.8, 4) is 11.5 Å². The lowest BCUT2D eigenvalue weighted by molar-refractivity contribution is -0.126. The van der Waals surface area contributed by atoms with Crippen molar-refractivity contribution in [2.45, 2.75) is 33.0 Å². The summed E-state index contributed by atoms with van der Waals surface area (Å²) in [6.07, 6.45) is 0.0568. The zero-order chi connectivity index (χ0) is 15.6. The molecule has 0 spiro atoms. The van der Waals surface area contributed by atoms with Crippen LogP contribution in [0.4, 0.5) is 5.69 Å². The normalized spacial score (nSPS) is 17.2. The number of carbonyl (C=O) groups is 1. The number of aliphatic hydroxyl groups is 1. The second-order valence-corrected chi connectivity index (χ2v) is 5.20. The van der Waals surface area contributed by atoms with Crippen molar-refractivity contribution >= 4 is 11.6 Å². The number of ether oxygens (including phenoxy) is 2. The van der Waals surface area contributed by atoms with Gasteiger partial charge in [-0.15, -0.1) is 0 Å². The molecule has 0 saturated carbocycles. The summed E-state index contributed by atoms with van der Waals surface area (Å²) < 4.78 is 11.1. The molecule has 1 heterocycles. The van der Waals surface area contributed by atoms with Gasteiger partial charge in [0.1, 0.15) is 0 Å². The largest absolute Gasteiger partial charge is 0.493 e. The summed E-state index contributed by atoms with van der Waals surface area (Å²) in [5, 5.41) is 9.37. The molecule has 2 rings (SSSR count). The first-order valence-corrected chi connectivity index (χ1v) is 6.96. The number of fused-ring (bicyclic) bond motifs is 1. The van der Waals surface area contributed by atoms with E-state index in [1.165, 1.54) is 0 Å². The van der Waals surface area contributed by atoms with E-state index in [1.54, 1.807) is 24.1 Å². The van der Waals surface area contributed by atoms with Gasteiger partial charge in [0, 0.05) is 6.54 Å². The molecule has 5 nitrogen and oxygen atoms in total. The molecule has 1 aromatic carbocycles. The predicted octanol–water partition coefficient (Wildman–Crippen LogP) is 2.27. The Morgan fingerprint density at radius 2 is 2.24 bits per heavy atom. The lowest BCUT2D eigenvalue weighted by Crippen LogP contribution is -2.46. The lowest BCUT2D eigenvalue weighted by Gasteiger charge is -2.35. The molecule has 0 aromatic heterocycles. The van der Waals surface area contributed by atoms with Crippen LogP contribution in [0.3, 0.4) is 0 Å². The predicted molar refractivity (Wildman–Crippen MR) is 80.8 cm³/mol. The Hall–Kier alpha value is -2.01. The summed E-state index contributed by atoms with van der Waals surface area (Å²) in [6.45, 7) is 7.94. The molecule has 0 radical (unpaired) electrons. The van der Waals surface area contributed by atoms with Crippen LogP contribution >= 0.6 is 0 Å². The maximum atomic E-state index is 12.5. The molecule has 1 aliphatic heterocycles.